The van der Waals surface area contributed by atoms with Gasteiger partial charge in [-0.15, -0.1) is 0 Å². The number of carbonyl (C=O) groups is 2. The molecule has 1 aliphatic carbocycles. The SMILES string of the molecule is CCC1(CNC(=O)Nc2ccc(C(=O)O)nc2)CCC1. The van der Waals surface area contributed by atoms with E-state index in [9.17, 15) is 9.59 Å². The minimum atomic E-state index is -1.09. The van der Waals surface area contributed by atoms with Crippen LogP contribution in [0.4, 0.5) is 10.5 Å². The van der Waals surface area contributed by atoms with Crippen molar-refractivity contribution in [3.63, 3.8) is 0 Å². The molecule has 0 spiro atoms. The summed E-state index contributed by atoms with van der Waals surface area (Å²) in [4.78, 5) is 26.2. The first-order valence-electron chi connectivity index (χ1n) is 6.79. The van der Waals surface area contributed by atoms with Gasteiger partial charge in [-0.2, -0.15) is 0 Å². The zero-order chi connectivity index (χ0) is 14.6. The molecule has 6 heteroatoms. The smallest absolute Gasteiger partial charge is 0.354 e. The molecule has 2 amide bonds. The van der Waals surface area contributed by atoms with Gasteiger partial charge in [-0.25, -0.2) is 14.6 Å². The molecule has 0 aliphatic heterocycles. The molecular formula is C14H19N3O3. The molecule has 1 saturated carbocycles. The summed E-state index contributed by atoms with van der Waals surface area (Å²) in [5, 5.41) is 14.2. The molecule has 6 nitrogen and oxygen atoms in total. The van der Waals surface area contributed by atoms with E-state index in [-0.39, 0.29) is 17.1 Å². The first-order valence-corrected chi connectivity index (χ1v) is 6.79. The summed E-state index contributed by atoms with van der Waals surface area (Å²) >= 11 is 0. The van der Waals surface area contributed by atoms with Gasteiger partial charge in [-0.3, -0.25) is 0 Å². The lowest BCUT2D eigenvalue weighted by molar-refractivity contribution is 0.0690. The van der Waals surface area contributed by atoms with E-state index in [0.29, 0.717) is 12.2 Å². The zero-order valence-electron chi connectivity index (χ0n) is 11.5. The average molecular weight is 277 g/mol. The molecule has 1 aromatic rings. The second kappa shape index (κ2) is 5.90. The maximum atomic E-state index is 11.8. The third-order valence-corrected chi connectivity index (χ3v) is 4.03. The van der Waals surface area contributed by atoms with Gasteiger partial charge in [-0.1, -0.05) is 13.3 Å². The Bertz CT molecular complexity index is 489. The number of nitrogens with zero attached hydrogens (tertiary/aromatic N) is 1. The Labute approximate surface area is 117 Å². The normalized spacial score (nSPS) is 16.1. The van der Waals surface area contributed by atoms with Gasteiger partial charge in [0.1, 0.15) is 5.69 Å². The second-order valence-corrected chi connectivity index (χ2v) is 5.25. The van der Waals surface area contributed by atoms with Gasteiger partial charge in [0, 0.05) is 6.54 Å². The maximum absolute atomic E-state index is 11.8. The Hall–Kier alpha value is -2.11. The minimum absolute atomic E-state index is 0.0460. The van der Waals surface area contributed by atoms with Crippen molar-refractivity contribution in [2.45, 2.75) is 32.6 Å². The Kier molecular flexibility index (Phi) is 4.22. The van der Waals surface area contributed by atoms with E-state index in [0.717, 1.165) is 6.42 Å². The number of nitrogens with one attached hydrogen (secondary N) is 2. The van der Waals surface area contributed by atoms with Crippen LogP contribution in [0.15, 0.2) is 18.3 Å². The molecular weight excluding hydrogens is 258 g/mol. The number of aromatic nitrogens is 1. The topological polar surface area (TPSA) is 91.3 Å². The van der Waals surface area contributed by atoms with Crippen molar-refractivity contribution in [1.82, 2.24) is 10.3 Å². The number of hydrogen-bond acceptors (Lipinski definition) is 3. The highest BCUT2D eigenvalue weighted by Crippen LogP contribution is 2.42. The number of carboxylic acids is 1. The van der Waals surface area contributed by atoms with Crippen molar-refractivity contribution in [2.75, 3.05) is 11.9 Å². The molecule has 2 rings (SSSR count). The number of urea groups is 1. The summed E-state index contributed by atoms with van der Waals surface area (Å²) in [6.45, 7) is 2.82. The van der Waals surface area contributed by atoms with Crippen LogP contribution in [0, 0.1) is 5.41 Å². The van der Waals surface area contributed by atoms with Crippen LogP contribution in [0.5, 0.6) is 0 Å². The van der Waals surface area contributed by atoms with E-state index >= 15 is 0 Å². The maximum Gasteiger partial charge on any atom is 0.354 e. The Morgan fingerprint density at radius 3 is 2.60 bits per heavy atom. The molecule has 0 saturated heterocycles. The van der Waals surface area contributed by atoms with Crippen molar-refractivity contribution in [1.29, 1.82) is 0 Å². The summed E-state index contributed by atoms with van der Waals surface area (Å²) in [5.74, 6) is -1.09. The summed E-state index contributed by atoms with van der Waals surface area (Å²) in [6, 6.07) is 2.60. The van der Waals surface area contributed by atoms with Gasteiger partial charge in [0.2, 0.25) is 0 Å². The van der Waals surface area contributed by atoms with E-state index in [1.54, 1.807) is 0 Å². The fourth-order valence-corrected chi connectivity index (χ4v) is 2.37. The molecule has 1 aliphatic rings. The van der Waals surface area contributed by atoms with Gasteiger partial charge in [0.05, 0.1) is 11.9 Å². The number of hydrogen-bond donors (Lipinski definition) is 3. The van der Waals surface area contributed by atoms with E-state index < -0.39 is 5.97 Å². The van der Waals surface area contributed by atoms with Crippen LogP contribution in [0.2, 0.25) is 0 Å². The van der Waals surface area contributed by atoms with Crippen LogP contribution in [0.1, 0.15) is 43.1 Å². The second-order valence-electron chi connectivity index (χ2n) is 5.25. The largest absolute Gasteiger partial charge is 0.477 e. The molecule has 20 heavy (non-hydrogen) atoms. The zero-order valence-corrected chi connectivity index (χ0v) is 11.5. The number of pyridine rings is 1. The van der Waals surface area contributed by atoms with Crippen molar-refractivity contribution >= 4 is 17.7 Å². The third-order valence-electron chi connectivity index (χ3n) is 4.03. The number of rotatable bonds is 5. The van der Waals surface area contributed by atoms with Crippen molar-refractivity contribution in [3.8, 4) is 0 Å². The molecule has 3 N–H and O–H groups in total. The number of anilines is 1. The third kappa shape index (κ3) is 3.26. The molecule has 0 aromatic carbocycles. The molecule has 1 aromatic heterocycles. The van der Waals surface area contributed by atoms with Crippen LogP contribution in [-0.4, -0.2) is 28.6 Å². The lowest BCUT2D eigenvalue weighted by Crippen LogP contribution is -2.43. The molecule has 1 heterocycles. The van der Waals surface area contributed by atoms with Gasteiger partial charge < -0.3 is 15.7 Å². The lowest BCUT2D eigenvalue weighted by Gasteiger charge is -2.41. The van der Waals surface area contributed by atoms with Gasteiger partial charge in [-0.05, 0) is 36.8 Å². The van der Waals surface area contributed by atoms with E-state index in [1.165, 1.54) is 37.6 Å². The van der Waals surface area contributed by atoms with Crippen molar-refractivity contribution in [3.05, 3.63) is 24.0 Å². The van der Waals surface area contributed by atoms with Crippen LogP contribution < -0.4 is 10.6 Å². The number of aromatic carboxylic acids is 1. The molecule has 1 fully saturated rings. The van der Waals surface area contributed by atoms with Crippen LogP contribution in [-0.2, 0) is 0 Å². The first kappa shape index (κ1) is 14.3. The number of amides is 2. The monoisotopic (exact) mass is 277 g/mol. The molecule has 0 unspecified atom stereocenters. The minimum Gasteiger partial charge on any atom is -0.477 e. The van der Waals surface area contributed by atoms with Crippen LogP contribution in [0.25, 0.3) is 0 Å². The molecule has 0 radical (unpaired) electrons. The Morgan fingerprint density at radius 2 is 2.15 bits per heavy atom. The Morgan fingerprint density at radius 1 is 1.40 bits per heavy atom. The summed E-state index contributed by atoms with van der Waals surface area (Å²) < 4.78 is 0. The first-order chi connectivity index (χ1) is 9.54. The fraction of sp³-hybridized carbons (Fsp3) is 0.500. The predicted molar refractivity (Wildman–Crippen MR) is 74.8 cm³/mol. The van der Waals surface area contributed by atoms with Gasteiger partial charge in [0.25, 0.3) is 0 Å². The molecule has 108 valence electrons. The predicted octanol–water partition coefficient (Wildman–Crippen LogP) is 2.48. The lowest BCUT2D eigenvalue weighted by atomic mass is 9.67. The van der Waals surface area contributed by atoms with Crippen LogP contribution >= 0.6 is 0 Å². The standard InChI is InChI=1S/C14H19N3O3/c1-2-14(6-3-7-14)9-16-13(20)17-10-4-5-11(12(18)19)15-8-10/h4-5,8H,2-3,6-7,9H2,1H3,(H,18,19)(H2,16,17,20). The highest BCUT2D eigenvalue weighted by atomic mass is 16.4. The van der Waals surface area contributed by atoms with Crippen LogP contribution in [0.3, 0.4) is 0 Å². The highest BCUT2D eigenvalue weighted by molar-refractivity contribution is 5.90. The number of carbonyl (C=O) groups excluding carboxylic acids is 1. The average Bonchev–Trinajstić information content (AvgIpc) is 2.38. The fourth-order valence-electron chi connectivity index (χ4n) is 2.37. The quantitative estimate of drug-likeness (QED) is 0.771. The molecule has 0 atom stereocenters. The number of carboxylic acid groups (broad SMARTS) is 1. The summed E-state index contributed by atoms with van der Waals surface area (Å²) in [7, 11) is 0. The van der Waals surface area contributed by atoms with E-state index in [4.69, 9.17) is 5.11 Å². The summed E-state index contributed by atoms with van der Waals surface area (Å²) in [6.07, 6.45) is 5.97. The summed E-state index contributed by atoms with van der Waals surface area (Å²) in [5.41, 5.74) is 0.699. The van der Waals surface area contributed by atoms with Gasteiger partial charge in [0.15, 0.2) is 0 Å². The van der Waals surface area contributed by atoms with Gasteiger partial charge >= 0.3 is 12.0 Å². The van der Waals surface area contributed by atoms with Crippen molar-refractivity contribution < 1.29 is 14.7 Å². The Balaban J connectivity index is 1.83. The van der Waals surface area contributed by atoms with E-state index in [1.807, 2.05) is 0 Å². The van der Waals surface area contributed by atoms with Crippen molar-refractivity contribution in [2.24, 2.45) is 5.41 Å². The highest BCUT2D eigenvalue weighted by Gasteiger charge is 2.35. The van der Waals surface area contributed by atoms with E-state index in [2.05, 4.69) is 22.5 Å². The molecule has 0 bridgehead atoms.